The topological polar surface area (TPSA) is 62.6 Å². The highest BCUT2D eigenvalue weighted by Crippen LogP contribution is 2.30. The zero-order chi connectivity index (χ0) is 21.5. The van der Waals surface area contributed by atoms with Crippen molar-refractivity contribution >= 4 is 17.5 Å². The molecule has 5 heteroatoms. The van der Waals surface area contributed by atoms with Crippen LogP contribution in [0.2, 0.25) is 0 Å². The van der Waals surface area contributed by atoms with E-state index in [1.54, 1.807) is 12.3 Å². The molecule has 1 N–H and O–H groups in total. The second-order valence-corrected chi connectivity index (χ2v) is 8.09. The molecular weight excluding hydrogens is 388 g/mol. The Balaban J connectivity index is 1.49. The van der Waals surface area contributed by atoms with Crippen molar-refractivity contribution in [2.75, 3.05) is 4.90 Å². The van der Waals surface area contributed by atoms with E-state index in [4.69, 9.17) is 4.42 Å². The highest BCUT2D eigenvalue weighted by molar-refractivity contribution is 5.95. The molecule has 1 fully saturated rings. The smallest absolute Gasteiger partial charge is 0.230 e. The van der Waals surface area contributed by atoms with Crippen LogP contribution in [0, 0.1) is 5.92 Å². The lowest BCUT2D eigenvalue weighted by Crippen LogP contribution is -2.35. The summed E-state index contributed by atoms with van der Waals surface area (Å²) in [6, 6.07) is 21.4. The van der Waals surface area contributed by atoms with Crippen LogP contribution in [0.3, 0.4) is 0 Å². The van der Waals surface area contributed by atoms with Crippen molar-refractivity contribution in [3.8, 4) is 0 Å². The Morgan fingerprint density at radius 2 is 1.71 bits per heavy atom. The fraction of sp³-hybridized carbons (Fsp3) is 0.308. The van der Waals surface area contributed by atoms with Crippen molar-refractivity contribution < 1.29 is 14.0 Å². The summed E-state index contributed by atoms with van der Waals surface area (Å²) in [5.74, 6) is 0.910. The van der Waals surface area contributed by atoms with E-state index >= 15 is 0 Å². The standard InChI is InChI=1S/C26H28N2O3/c29-25(27-18-24-14-7-15-31-24)17-21-10-6-13-23(16-21)28(19-20-8-2-1-3-9-20)26(30)22-11-4-5-12-22/h1-3,6-10,13-16,22H,4-5,11-12,17-19H2,(H,27,29). The Morgan fingerprint density at radius 1 is 0.935 bits per heavy atom. The molecule has 0 spiro atoms. The molecule has 0 atom stereocenters. The van der Waals surface area contributed by atoms with E-state index in [0.29, 0.717) is 13.1 Å². The zero-order valence-electron chi connectivity index (χ0n) is 17.6. The second kappa shape index (κ2) is 10.1. The number of nitrogens with one attached hydrogen (secondary N) is 1. The van der Waals surface area contributed by atoms with Crippen LogP contribution in [0.4, 0.5) is 5.69 Å². The summed E-state index contributed by atoms with van der Waals surface area (Å²) in [6.45, 7) is 0.899. The number of nitrogens with zero attached hydrogens (tertiary/aromatic N) is 1. The Labute approximate surface area is 183 Å². The molecule has 1 aromatic heterocycles. The van der Waals surface area contributed by atoms with Crippen molar-refractivity contribution in [1.29, 1.82) is 0 Å². The maximum absolute atomic E-state index is 13.4. The molecule has 5 nitrogen and oxygen atoms in total. The third-order valence-corrected chi connectivity index (χ3v) is 5.78. The minimum atomic E-state index is -0.0784. The van der Waals surface area contributed by atoms with Crippen LogP contribution in [0.5, 0.6) is 0 Å². The number of rotatable bonds is 8. The number of hydrogen-bond donors (Lipinski definition) is 1. The summed E-state index contributed by atoms with van der Waals surface area (Å²) in [5.41, 5.74) is 2.82. The first-order valence-electron chi connectivity index (χ1n) is 10.9. The molecular formula is C26H28N2O3. The van der Waals surface area contributed by atoms with E-state index in [9.17, 15) is 9.59 Å². The molecule has 0 saturated heterocycles. The van der Waals surface area contributed by atoms with Gasteiger partial charge in [0.1, 0.15) is 5.76 Å². The maximum atomic E-state index is 13.4. The van der Waals surface area contributed by atoms with Gasteiger partial charge in [-0.25, -0.2) is 0 Å². The van der Waals surface area contributed by atoms with E-state index in [1.165, 1.54) is 0 Å². The Hall–Kier alpha value is -3.34. The van der Waals surface area contributed by atoms with Gasteiger partial charge in [0, 0.05) is 11.6 Å². The molecule has 1 heterocycles. The normalized spacial score (nSPS) is 13.8. The lowest BCUT2D eigenvalue weighted by molar-refractivity contribution is -0.122. The van der Waals surface area contributed by atoms with Crippen molar-refractivity contribution in [3.63, 3.8) is 0 Å². The number of anilines is 1. The van der Waals surface area contributed by atoms with Crippen molar-refractivity contribution in [3.05, 3.63) is 89.9 Å². The van der Waals surface area contributed by atoms with Gasteiger partial charge in [-0.15, -0.1) is 0 Å². The molecule has 1 aliphatic rings. The molecule has 0 aliphatic heterocycles. The average molecular weight is 417 g/mol. The van der Waals surface area contributed by atoms with Crippen LogP contribution in [0.15, 0.2) is 77.4 Å². The van der Waals surface area contributed by atoms with Gasteiger partial charge < -0.3 is 14.6 Å². The number of carbonyl (C=O) groups is 2. The first-order chi connectivity index (χ1) is 15.2. The number of carbonyl (C=O) groups excluding carboxylic acids is 2. The predicted molar refractivity (Wildman–Crippen MR) is 120 cm³/mol. The molecule has 2 amide bonds. The van der Waals surface area contributed by atoms with Gasteiger partial charge in [0.2, 0.25) is 11.8 Å². The Kier molecular flexibility index (Phi) is 6.82. The fourth-order valence-electron chi connectivity index (χ4n) is 4.14. The number of amides is 2. The summed E-state index contributed by atoms with van der Waals surface area (Å²) in [4.78, 5) is 27.6. The summed E-state index contributed by atoms with van der Waals surface area (Å²) in [6.07, 6.45) is 5.99. The largest absolute Gasteiger partial charge is 0.467 e. The zero-order valence-corrected chi connectivity index (χ0v) is 17.6. The first-order valence-corrected chi connectivity index (χ1v) is 10.9. The molecule has 4 rings (SSSR count). The van der Waals surface area contributed by atoms with Crippen LogP contribution in [-0.4, -0.2) is 11.8 Å². The van der Waals surface area contributed by atoms with Crippen LogP contribution >= 0.6 is 0 Å². The molecule has 0 bridgehead atoms. The lowest BCUT2D eigenvalue weighted by Gasteiger charge is -2.26. The number of benzene rings is 2. The van der Waals surface area contributed by atoms with Gasteiger partial charge >= 0.3 is 0 Å². The number of furan rings is 1. The van der Waals surface area contributed by atoms with Gasteiger partial charge in [-0.1, -0.05) is 55.3 Å². The lowest BCUT2D eigenvalue weighted by atomic mass is 10.0. The van der Waals surface area contributed by atoms with Gasteiger partial charge in [-0.2, -0.15) is 0 Å². The van der Waals surface area contributed by atoms with E-state index in [-0.39, 0.29) is 24.2 Å². The van der Waals surface area contributed by atoms with Crippen LogP contribution in [0.1, 0.15) is 42.6 Å². The molecule has 0 unspecified atom stereocenters. The highest BCUT2D eigenvalue weighted by Gasteiger charge is 2.28. The summed E-state index contributed by atoms with van der Waals surface area (Å²) < 4.78 is 5.26. The third-order valence-electron chi connectivity index (χ3n) is 5.78. The minimum Gasteiger partial charge on any atom is -0.467 e. The Bertz CT molecular complexity index is 993. The van der Waals surface area contributed by atoms with Crippen LogP contribution < -0.4 is 10.2 Å². The first kappa shape index (κ1) is 20.9. The van der Waals surface area contributed by atoms with E-state index in [2.05, 4.69) is 5.32 Å². The van der Waals surface area contributed by atoms with E-state index in [1.807, 2.05) is 65.6 Å². The molecule has 0 radical (unpaired) electrons. The van der Waals surface area contributed by atoms with Crippen LogP contribution in [-0.2, 0) is 29.1 Å². The Morgan fingerprint density at radius 3 is 2.45 bits per heavy atom. The fourth-order valence-corrected chi connectivity index (χ4v) is 4.14. The predicted octanol–water partition coefficient (Wildman–Crippen LogP) is 4.86. The van der Waals surface area contributed by atoms with Gasteiger partial charge in [-0.05, 0) is 48.2 Å². The van der Waals surface area contributed by atoms with E-state index < -0.39 is 0 Å². The molecule has 31 heavy (non-hydrogen) atoms. The van der Waals surface area contributed by atoms with Gasteiger partial charge in [0.25, 0.3) is 0 Å². The van der Waals surface area contributed by atoms with Crippen molar-refractivity contribution in [2.45, 2.75) is 45.2 Å². The van der Waals surface area contributed by atoms with Gasteiger partial charge in [0.05, 0.1) is 25.8 Å². The SMILES string of the molecule is O=C(Cc1cccc(N(Cc2ccccc2)C(=O)C2CCCC2)c1)NCc1ccco1. The monoisotopic (exact) mass is 416 g/mol. The molecule has 1 saturated carbocycles. The maximum Gasteiger partial charge on any atom is 0.230 e. The quantitative estimate of drug-likeness (QED) is 0.570. The van der Waals surface area contributed by atoms with Crippen molar-refractivity contribution in [2.24, 2.45) is 5.92 Å². The molecule has 160 valence electrons. The second-order valence-electron chi connectivity index (χ2n) is 8.09. The summed E-state index contributed by atoms with van der Waals surface area (Å²) in [5, 5.41) is 2.88. The van der Waals surface area contributed by atoms with Crippen LogP contribution in [0.25, 0.3) is 0 Å². The van der Waals surface area contributed by atoms with Gasteiger partial charge in [-0.3, -0.25) is 9.59 Å². The molecule has 3 aromatic rings. The van der Waals surface area contributed by atoms with Gasteiger partial charge in [0.15, 0.2) is 0 Å². The third kappa shape index (κ3) is 5.63. The highest BCUT2D eigenvalue weighted by atomic mass is 16.3. The summed E-state index contributed by atoms with van der Waals surface area (Å²) >= 11 is 0. The average Bonchev–Trinajstić information content (AvgIpc) is 3.51. The molecule has 2 aromatic carbocycles. The van der Waals surface area contributed by atoms with Crippen molar-refractivity contribution in [1.82, 2.24) is 5.32 Å². The minimum absolute atomic E-state index is 0.0784. The number of hydrogen-bond acceptors (Lipinski definition) is 3. The van der Waals surface area contributed by atoms with E-state index in [0.717, 1.165) is 48.3 Å². The summed E-state index contributed by atoms with van der Waals surface area (Å²) in [7, 11) is 0. The molecule has 1 aliphatic carbocycles.